The summed E-state index contributed by atoms with van der Waals surface area (Å²) in [6.45, 7) is 2.36. The zero-order valence-electron chi connectivity index (χ0n) is 20.8. The fourth-order valence-electron chi connectivity index (χ4n) is 4.73. The molecule has 1 unspecified atom stereocenters. The molecule has 1 aliphatic rings. The number of carbonyl (C=O) groups is 3. The minimum absolute atomic E-state index is 0.0131. The van der Waals surface area contributed by atoms with Gasteiger partial charge in [0.2, 0.25) is 0 Å². The molecule has 1 saturated heterocycles. The lowest BCUT2D eigenvalue weighted by molar-refractivity contribution is -0.140. The predicted octanol–water partition coefficient (Wildman–Crippen LogP) is 5.42. The second-order valence-corrected chi connectivity index (χ2v) is 9.07. The molecule has 5 rings (SSSR count). The summed E-state index contributed by atoms with van der Waals surface area (Å²) < 4.78 is 5.18. The number of hydrogen-bond donors (Lipinski definition) is 1. The Morgan fingerprint density at radius 2 is 1.74 bits per heavy atom. The van der Waals surface area contributed by atoms with E-state index in [1.54, 1.807) is 60.9 Å². The Balaban J connectivity index is 1.56. The van der Waals surface area contributed by atoms with Crippen LogP contribution in [0.5, 0.6) is 0 Å². The van der Waals surface area contributed by atoms with Crippen LogP contribution in [0.25, 0.3) is 16.5 Å². The van der Waals surface area contributed by atoms with Crippen molar-refractivity contribution in [2.75, 3.05) is 6.61 Å². The summed E-state index contributed by atoms with van der Waals surface area (Å²) in [4.78, 5) is 44.5. The quantitative estimate of drug-likeness (QED) is 0.156. The summed E-state index contributed by atoms with van der Waals surface area (Å²) in [5, 5.41) is 13.2. The number of aliphatic hydroxyl groups excluding tert-OH is 1. The Morgan fingerprint density at radius 3 is 2.47 bits per heavy atom. The number of likely N-dealkylation sites (tertiary alicyclic amines) is 1. The van der Waals surface area contributed by atoms with Crippen molar-refractivity contribution in [2.24, 2.45) is 0 Å². The molecule has 0 aliphatic carbocycles. The molecule has 1 amide bonds. The number of hydrogen-bond acceptors (Lipinski definition) is 6. The lowest BCUT2D eigenvalue weighted by Gasteiger charge is -2.25. The number of pyridine rings is 1. The van der Waals surface area contributed by atoms with Crippen LogP contribution in [0.15, 0.2) is 96.8 Å². The molecule has 0 radical (unpaired) electrons. The van der Waals surface area contributed by atoms with Crippen LogP contribution in [-0.2, 0) is 20.9 Å². The third-order valence-corrected chi connectivity index (χ3v) is 6.56. The molecule has 4 aromatic rings. The highest BCUT2D eigenvalue weighted by atomic mass is 16.5. The van der Waals surface area contributed by atoms with Crippen LogP contribution in [0.3, 0.4) is 0 Å². The third-order valence-electron chi connectivity index (χ3n) is 6.56. The number of carbonyl (C=O) groups excluding carboxylic acids is 3. The second-order valence-electron chi connectivity index (χ2n) is 9.07. The maximum atomic E-state index is 13.4. The van der Waals surface area contributed by atoms with Crippen LogP contribution < -0.4 is 0 Å². The minimum Gasteiger partial charge on any atom is -0.507 e. The summed E-state index contributed by atoms with van der Waals surface area (Å²) in [5.74, 6) is -2.12. The molecular weight excluding hydrogens is 480 g/mol. The SMILES string of the molecule is CCCOC(=O)c1ccc(CN2C(=O)C(=O)/C(=C(\O)c3cccc4ccccc34)C2c2cccnc2)cc1. The summed E-state index contributed by atoms with van der Waals surface area (Å²) >= 11 is 0. The van der Waals surface area contributed by atoms with E-state index in [4.69, 9.17) is 4.74 Å². The highest BCUT2D eigenvalue weighted by molar-refractivity contribution is 6.46. The van der Waals surface area contributed by atoms with Gasteiger partial charge in [-0.25, -0.2) is 4.79 Å². The molecule has 1 aromatic heterocycles. The highest BCUT2D eigenvalue weighted by Crippen LogP contribution is 2.41. The smallest absolute Gasteiger partial charge is 0.338 e. The van der Waals surface area contributed by atoms with E-state index in [0.717, 1.165) is 22.8 Å². The molecule has 0 spiro atoms. The van der Waals surface area contributed by atoms with Crippen molar-refractivity contribution >= 4 is 34.2 Å². The van der Waals surface area contributed by atoms with Gasteiger partial charge in [-0.1, -0.05) is 67.6 Å². The van der Waals surface area contributed by atoms with Crippen molar-refractivity contribution in [2.45, 2.75) is 25.9 Å². The Bertz CT molecular complexity index is 1540. The van der Waals surface area contributed by atoms with E-state index in [2.05, 4.69) is 4.98 Å². The molecule has 38 heavy (non-hydrogen) atoms. The third kappa shape index (κ3) is 4.66. The van der Waals surface area contributed by atoms with Gasteiger partial charge in [-0.2, -0.15) is 0 Å². The van der Waals surface area contributed by atoms with Crippen molar-refractivity contribution in [3.63, 3.8) is 0 Å². The van der Waals surface area contributed by atoms with Crippen LogP contribution in [0.2, 0.25) is 0 Å². The fourth-order valence-corrected chi connectivity index (χ4v) is 4.73. The van der Waals surface area contributed by atoms with Crippen molar-refractivity contribution in [3.8, 4) is 0 Å². The Labute approximate surface area is 220 Å². The number of ether oxygens (including phenoxy) is 1. The largest absolute Gasteiger partial charge is 0.507 e. The number of ketones is 1. The first-order valence-corrected chi connectivity index (χ1v) is 12.4. The number of aliphatic hydroxyl groups is 1. The average Bonchev–Trinajstić information content (AvgIpc) is 3.21. The molecule has 1 N–H and O–H groups in total. The normalized spacial score (nSPS) is 16.7. The van der Waals surface area contributed by atoms with Gasteiger partial charge in [-0.15, -0.1) is 0 Å². The van der Waals surface area contributed by atoms with E-state index in [1.807, 2.05) is 37.3 Å². The maximum absolute atomic E-state index is 13.4. The molecule has 7 nitrogen and oxygen atoms in total. The van der Waals surface area contributed by atoms with Gasteiger partial charge in [0.25, 0.3) is 11.7 Å². The van der Waals surface area contributed by atoms with Crippen LogP contribution in [0, 0.1) is 0 Å². The lowest BCUT2D eigenvalue weighted by Crippen LogP contribution is -2.29. The van der Waals surface area contributed by atoms with Crippen LogP contribution in [0.4, 0.5) is 0 Å². The summed E-state index contributed by atoms with van der Waals surface area (Å²) in [6, 6.07) is 22.4. The molecule has 1 fully saturated rings. The van der Waals surface area contributed by atoms with E-state index in [1.165, 1.54) is 4.90 Å². The van der Waals surface area contributed by atoms with E-state index >= 15 is 0 Å². The van der Waals surface area contributed by atoms with Gasteiger partial charge in [0.1, 0.15) is 5.76 Å². The first kappa shape index (κ1) is 24.9. The first-order chi connectivity index (χ1) is 18.5. The highest BCUT2D eigenvalue weighted by Gasteiger charge is 2.46. The van der Waals surface area contributed by atoms with Gasteiger partial charge in [0, 0.05) is 24.5 Å². The van der Waals surface area contributed by atoms with Crippen molar-refractivity contribution < 1.29 is 24.2 Å². The van der Waals surface area contributed by atoms with Gasteiger partial charge in [-0.05, 0) is 46.5 Å². The fraction of sp³-hybridized carbons (Fsp3) is 0.161. The van der Waals surface area contributed by atoms with Gasteiger partial charge >= 0.3 is 5.97 Å². The molecule has 0 bridgehead atoms. The van der Waals surface area contributed by atoms with E-state index < -0.39 is 23.7 Å². The van der Waals surface area contributed by atoms with Gasteiger partial charge in [0.05, 0.1) is 23.8 Å². The van der Waals surface area contributed by atoms with Crippen molar-refractivity contribution in [1.82, 2.24) is 9.88 Å². The maximum Gasteiger partial charge on any atom is 0.338 e. The van der Waals surface area contributed by atoms with Crippen LogP contribution >= 0.6 is 0 Å². The Morgan fingerprint density at radius 1 is 0.974 bits per heavy atom. The van der Waals surface area contributed by atoms with E-state index in [9.17, 15) is 19.5 Å². The van der Waals surface area contributed by atoms with Crippen LogP contribution in [0.1, 0.15) is 46.4 Å². The Kier molecular flexibility index (Phi) is 7.00. The second kappa shape index (κ2) is 10.7. The molecule has 190 valence electrons. The first-order valence-electron chi connectivity index (χ1n) is 12.4. The topological polar surface area (TPSA) is 96.8 Å². The number of nitrogens with zero attached hydrogens (tertiary/aromatic N) is 2. The number of Topliss-reactive ketones (excluding diaryl/α,β-unsaturated/α-hetero) is 1. The van der Waals surface area contributed by atoms with Gasteiger partial charge < -0.3 is 14.7 Å². The monoisotopic (exact) mass is 506 g/mol. The molecule has 1 atom stereocenters. The lowest BCUT2D eigenvalue weighted by atomic mass is 9.94. The molecule has 1 aliphatic heterocycles. The number of aromatic nitrogens is 1. The van der Waals surface area contributed by atoms with Crippen molar-refractivity contribution in [3.05, 3.63) is 119 Å². The van der Waals surface area contributed by atoms with E-state index in [-0.39, 0.29) is 17.9 Å². The van der Waals surface area contributed by atoms with Crippen LogP contribution in [-0.4, -0.2) is 39.3 Å². The molecule has 2 heterocycles. The van der Waals surface area contributed by atoms with Gasteiger partial charge in [0.15, 0.2) is 0 Å². The van der Waals surface area contributed by atoms with Crippen molar-refractivity contribution in [1.29, 1.82) is 0 Å². The standard InChI is InChI=1S/C31H26N2O5/c1-2-17-38-31(37)22-14-12-20(13-15-22)19-33-27(23-9-6-16-32-18-23)26(29(35)30(33)36)28(34)25-11-5-8-21-7-3-4-10-24(21)25/h3-16,18,27,34H,2,17,19H2,1H3/b28-26-. The number of esters is 1. The Hall–Kier alpha value is -4.78. The number of benzene rings is 3. The number of amides is 1. The zero-order chi connectivity index (χ0) is 26.6. The zero-order valence-corrected chi connectivity index (χ0v) is 20.8. The number of rotatable bonds is 7. The molecular formula is C31H26N2O5. The molecule has 0 saturated carbocycles. The minimum atomic E-state index is -0.836. The average molecular weight is 507 g/mol. The molecule has 3 aromatic carbocycles. The summed E-state index contributed by atoms with van der Waals surface area (Å²) in [7, 11) is 0. The summed E-state index contributed by atoms with van der Waals surface area (Å²) in [6.07, 6.45) is 3.93. The molecule has 7 heteroatoms. The number of fused-ring (bicyclic) bond motifs is 1. The predicted molar refractivity (Wildman–Crippen MR) is 143 cm³/mol. The van der Waals surface area contributed by atoms with E-state index in [0.29, 0.717) is 23.3 Å². The summed E-state index contributed by atoms with van der Waals surface area (Å²) in [5.41, 5.74) is 2.22. The van der Waals surface area contributed by atoms with Gasteiger partial charge in [-0.3, -0.25) is 14.6 Å².